The maximum absolute atomic E-state index is 10.5. The van der Waals surface area contributed by atoms with Crippen molar-refractivity contribution in [2.75, 3.05) is 6.79 Å². The standard InChI is InChI=1S/C15H21NO3/c16-13(14(17)10-5-2-1-3-6-10)11-7-4-8-12-15(11)19-9-18-12/h4,7-8,10,13-14,17H,1-3,5-6,9,16H2/t13-,14+/m1/s1. The highest BCUT2D eigenvalue weighted by Gasteiger charge is 2.31. The van der Waals surface area contributed by atoms with Crippen LogP contribution in [0.15, 0.2) is 18.2 Å². The number of nitrogens with two attached hydrogens (primary N) is 1. The van der Waals surface area contributed by atoms with Crippen LogP contribution in [0.5, 0.6) is 11.5 Å². The zero-order chi connectivity index (χ0) is 13.2. The van der Waals surface area contributed by atoms with Gasteiger partial charge >= 0.3 is 0 Å². The Balaban J connectivity index is 1.79. The SMILES string of the molecule is N[C@H](c1cccc2c1OCO2)[C@@H](O)C1CCCCC1. The molecule has 1 aromatic rings. The van der Waals surface area contributed by atoms with E-state index in [1.807, 2.05) is 18.2 Å². The van der Waals surface area contributed by atoms with Gasteiger partial charge in [0.2, 0.25) is 6.79 Å². The summed E-state index contributed by atoms with van der Waals surface area (Å²) in [5.41, 5.74) is 7.11. The quantitative estimate of drug-likeness (QED) is 0.878. The molecule has 1 aliphatic carbocycles. The number of fused-ring (bicyclic) bond motifs is 1. The van der Waals surface area contributed by atoms with E-state index in [4.69, 9.17) is 15.2 Å². The average molecular weight is 263 g/mol. The third-order valence-electron chi connectivity index (χ3n) is 4.29. The van der Waals surface area contributed by atoms with E-state index in [2.05, 4.69) is 0 Å². The van der Waals surface area contributed by atoms with Crippen molar-refractivity contribution < 1.29 is 14.6 Å². The molecule has 0 amide bonds. The molecule has 1 saturated carbocycles. The Morgan fingerprint density at radius 3 is 2.74 bits per heavy atom. The predicted octanol–water partition coefficient (Wildman–Crippen LogP) is 2.36. The molecule has 1 aliphatic heterocycles. The number of hydrogen-bond acceptors (Lipinski definition) is 4. The minimum atomic E-state index is -0.504. The second kappa shape index (κ2) is 5.39. The van der Waals surface area contributed by atoms with Gasteiger partial charge in [0.05, 0.1) is 12.1 Å². The van der Waals surface area contributed by atoms with Gasteiger partial charge in [-0.3, -0.25) is 0 Å². The van der Waals surface area contributed by atoms with E-state index in [9.17, 15) is 5.11 Å². The minimum absolute atomic E-state index is 0.235. The number of rotatable bonds is 3. The van der Waals surface area contributed by atoms with Crippen molar-refractivity contribution in [1.29, 1.82) is 0 Å². The molecule has 19 heavy (non-hydrogen) atoms. The minimum Gasteiger partial charge on any atom is -0.454 e. The Hall–Kier alpha value is -1.26. The number of ether oxygens (including phenoxy) is 2. The Labute approximate surface area is 113 Å². The van der Waals surface area contributed by atoms with E-state index in [0.29, 0.717) is 11.7 Å². The first-order chi connectivity index (χ1) is 9.27. The van der Waals surface area contributed by atoms with Gasteiger partial charge in [-0.15, -0.1) is 0 Å². The van der Waals surface area contributed by atoms with Crippen LogP contribution in [-0.2, 0) is 0 Å². The van der Waals surface area contributed by atoms with Gasteiger partial charge in [0, 0.05) is 5.56 Å². The number of aliphatic hydroxyl groups excluding tert-OH is 1. The number of benzene rings is 1. The first-order valence-electron chi connectivity index (χ1n) is 7.09. The Morgan fingerprint density at radius 1 is 1.16 bits per heavy atom. The molecular weight excluding hydrogens is 242 g/mol. The zero-order valence-corrected chi connectivity index (χ0v) is 11.0. The molecule has 4 nitrogen and oxygen atoms in total. The molecule has 4 heteroatoms. The highest BCUT2D eigenvalue weighted by atomic mass is 16.7. The number of para-hydroxylation sites is 1. The molecule has 1 aromatic carbocycles. The van der Waals surface area contributed by atoms with Gasteiger partial charge in [-0.05, 0) is 24.8 Å². The predicted molar refractivity (Wildman–Crippen MR) is 72.1 cm³/mol. The third kappa shape index (κ3) is 2.42. The van der Waals surface area contributed by atoms with E-state index in [1.54, 1.807) is 0 Å². The van der Waals surface area contributed by atoms with Crippen LogP contribution in [0.4, 0.5) is 0 Å². The fourth-order valence-electron chi connectivity index (χ4n) is 3.17. The summed E-state index contributed by atoms with van der Waals surface area (Å²) in [4.78, 5) is 0. The molecular formula is C15H21NO3. The molecule has 1 fully saturated rings. The molecule has 1 heterocycles. The fourth-order valence-corrected chi connectivity index (χ4v) is 3.17. The van der Waals surface area contributed by atoms with Crippen molar-refractivity contribution in [3.63, 3.8) is 0 Å². The van der Waals surface area contributed by atoms with Crippen LogP contribution in [0.3, 0.4) is 0 Å². The molecule has 2 atom stereocenters. The molecule has 0 radical (unpaired) electrons. The summed E-state index contributed by atoms with van der Waals surface area (Å²) >= 11 is 0. The molecule has 104 valence electrons. The van der Waals surface area contributed by atoms with Crippen LogP contribution in [-0.4, -0.2) is 18.0 Å². The summed E-state index contributed by atoms with van der Waals surface area (Å²) in [7, 11) is 0. The van der Waals surface area contributed by atoms with E-state index in [-0.39, 0.29) is 6.79 Å². The van der Waals surface area contributed by atoms with Crippen LogP contribution >= 0.6 is 0 Å². The highest BCUT2D eigenvalue weighted by molar-refractivity contribution is 5.49. The monoisotopic (exact) mass is 263 g/mol. The van der Waals surface area contributed by atoms with E-state index in [0.717, 1.165) is 24.2 Å². The lowest BCUT2D eigenvalue weighted by Gasteiger charge is -2.30. The van der Waals surface area contributed by atoms with Gasteiger partial charge in [0.1, 0.15) is 0 Å². The lowest BCUT2D eigenvalue weighted by Crippen LogP contribution is -2.34. The molecule has 0 aromatic heterocycles. The molecule has 0 spiro atoms. The summed E-state index contributed by atoms with van der Waals surface area (Å²) in [6.07, 6.45) is 5.30. The lowest BCUT2D eigenvalue weighted by atomic mass is 9.81. The summed E-state index contributed by atoms with van der Waals surface area (Å²) < 4.78 is 10.8. The van der Waals surface area contributed by atoms with Gasteiger partial charge in [-0.1, -0.05) is 31.4 Å². The van der Waals surface area contributed by atoms with E-state index >= 15 is 0 Å². The second-order valence-corrected chi connectivity index (χ2v) is 5.50. The maximum Gasteiger partial charge on any atom is 0.231 e. The second-order valence-electron chi connectivity index (χ2n) is 5.50. The maximum atomic E-state index is 10.5. The van der Waals surface area contributed by atoms with E-state index in [1.165, 1.54) is 19.3 Å². The Morgan fingerprint density at radius 2 is 1.95 bits per heavy atom. The van der Waals surface area contributed by atoms with Gasteiger partial charge in [-0.25, -0.2) is 0 Å². The Bertz CT molecular complexity index is 443. The van der Waals surface area contributed by atoms with Crippen molar-refractivity contribution in [1.82, 2.24) is 0 Å². The molecule has 3 N–H and O–H groups in total. The molecule has 0 saturated heterocycles. The number of aliphatic hydroxyl groups is 1. The van der Waals surface area contributed by atoms with Crippen molar-refractivity contribution in [2.45, 2.75) is 44.2 Å². The van der Waals surface area contributed by atoms with Gasteiger partial charge in [-0.2, -0.15) is 0 Å². The van der Waals surface area contributed by atoms with Crippen LogP contribution < -0.4 is 15.2 Å². The topological polar surface area (TPSA) is 64.7 Å². The zero-order valence-electron chi connectivity index (χ0n) is 11.0. The summed E-state index contributed by atoms with van der Waals surface area (Å²) in [5, 5.41) is 10.5. The highest BCUT2D eigenvalue weighted by Crippen LogP contribution is 2.40. The fraction of sp³-hybridized carbons (Fsp3) is 0.600. The first-order valence-corrected chi connectivity index (χ1v) is 7.09. The van der Waals surface area contributed by atoms with Crippen molar-refractivity contribution in [3.05, 3.63) is 23.8 Å². The Kier molecular flexibility index (Phi) is 3.62. The largest absolute Gasteiger partial charge is 0.454 e. The van der Waals surface area contributed by atoms with Crippen LogP contribution in [0, 0.1) is 5.92 Å². The van der Waals surface area contributed by atoms with Crippen LogP contribution in [0.1, 0.15) is 43.7 Å². The molecule has 0 unspecified atom stereocenters. The van der Waals surface area contributed by atoms with Crippen molar-refractivity contribution in [2.24, 2.45) is 11.7 Å². The average Bonchev–Trinajstić information content (AvgIpc) is 2.95. The summed E-state index contributed by atoms with van der Waals surface area (Å²) in [6.45, 7) is 0.235. The lowest BCUT2D eigenvalue weighted by molar-refractivity contribution is 0.0608. The molecule has 0 bridgehead atoms. The van der Waals surface area contributed by atoms with Crippen molar-refractivity contribution in [3.8, 4) is 11.5 Å². The van der Waals surface area contributed by atoms with Gasteiger partial charge in [0.25, 0.3) is 0 Å². The van der Waals surface area contributed by atoms with Gasteiger partial charge in [0.15, 0.2) is 11.5 Å². The normalized spacial score (nSPS) is 22.2. The number of hydrogen-bond donors (Lipinski definition) is 2. The van der Waals surface area contributed by atoms with Crippen molar-refractivity contribution >= 4 is 0 Å². The summed E-state index contributed by atoms with van der Waals surface area (Å²) in [6, 6.07) is 5.28. The van der Waals surface area contributed by atoms with E-state index < -0.39 is 12.1 Å². The first kappa shape index (κ1) is 12.8. The molecule has 2 aliphatic rings. The smallest absolute Gasteiger partial charge is 0.231 e. The summed E-state index contributed by atoms with van der Waals surface area (Å²) in [5.74, 6) is 1.73. The molecule has 3 rings (SSSR count). The van der Waals surface area contributed by atoms with Crippen LogP contribution in [0.2, 0.25) is 0 Å². The van der Waals surface area contributed by atoms with Crippen LogP contribution in [0.25, 0.3) is 0 Å². The third-order valence-corrected chi connectivity index (χ3v) is 4.29. The van der Waals surface area contributed by atoms with Gasteiger partial charge < -0.3 is 20.3 Å².